The van der Waals surface area contributed by atoms with Crippen LogP contribution in [0.3, 0.4) is 0 Å². The molecule has 0 saturated heterocycles. The van der Waals surface area contributed by atoms with E-state index in [0.717, 1.165) is 0 Å². The SMILES string of the molecule is C#CCCC1(CCC(=O)NC(C(=O)O)c2ccn(C)n2)N=N1. The van der Waals surface area contributed by atoms with Crippen LogP contribution in [0.4, 0.5) is 0 Å². The minimum Gasteiger partial charge on any atom is -0.479 e. The summed E-state index contributed by atoms with van der Waals surface area (Å²) < 4.78 is 1.48. The number of carbonyl (C=O) groups excluding carboxylic acids is 1. The summed E-state index contributed by atoms with van der Waals surface area (Å²) in [6, 6.07) is 0.391. The number of nitrogens with zero attached hydrogens (tertiary/aromatic N) is 4. The smallest absolute Gasteiger partial charge is 0.332 e. The molecule has 2 N–H and O–H groups in total. The van der Waals surface area contributed by atoms with Gasteiger partial charge in [0.15, 0.2) is 11.7 Å². The highest BCUT2D eigenvalue weighted by molar-refractivity contribution is 5.84. The predicted molar refractivity (Wildman–Crippen MR) is 76.6 cm³/mol. The number of hydrogen-bond donors (Lipinski definition) is 2. The Morgan fingerprint density at radius 2 is 2.23 bits per heavy atom. The largest absolute Gasteiger partial charge is 0.479 e. The van der Waals surface area contributed by atoms with E-state index in [-0.39, 0.29) is 18.0 Å². The summed E-state index contributed by atoms with van der Waals surface area (Å²) >= 11 is 0. The second-order valence-electron chi connectivity index (χ2n) is 5.14. The van der Waals surface area contributed by atoms with Gasteiger partial charge in [0.2, 0.25) is 5.91 Å². The summed E-state index contributed by atoms with van der Waals surface area (Å²) in [5.74, 6) is 0.977. The van der Waals surface area contributed by atoms with Crippen molar-refractivity contribution in [2.45, 2.75) is 37.4 Å². The molecule has 0 radical (unpaired) electrons. The molecule has 1 aromatic rings. The molecule has 1 aromatic heterocycles. The summed E-state index contributed by atoms with van der Waals surface area (Å²) in [5, 5.41) is 23.6. The summed E-state index contributed by atoms with van der Waals surface area (Å²) in [7, 11) is 1.68. The predicted octanol–water partition coefficient (Wildman–Crippen LogP) is 1.02. The number of rotatable bonds is 8. The molecule has 0 aromatic carbocycles. The number of carboxylic acid groups (broad SMARTS) is 1. The molecule has 0 bridgehead atoms. The van der Waals surface area contributed by atoms with Crippen LogP contribution in [-0.2, 0) is 16.6 Å². The van der Waals surface area contributed by atoms with E-state index < -0.39 is 17.7 Å². The van der Waals surface area contributed by atoms with Gasteiger partial charge in [-0.15, -0.1) is 12.3 Å². The highest BCUT2D eigenvalue weighted by Crippen LogP contribution is 2.37. The number of amides is 1. The first-order chi connectivity index (χ1) is 10.5. The van der Waals surface area contributed by atoms with Crippen LogP contribution in [0.15, 0.2) is 22.5 Å². The Balaban J connectivity index is 1.87. The minimum atomic E-state index is -1.16. The molecule has 0 saturated carbocycles. The Hall–Kier alpha value is -2.69. The summed E-state index contributed by atoms with van der Waals surface area (Å²) in [6.07, 6.45) is 8.53. The van der Waals surface area contributed by atoms with Gasteiger partial charge in [-0.2, -0.15) is 15.3 Å². The molecule has 1 aliphatic heterocycles. The molecule has 8 heteroatoms. The van der Waals surface area contributed by atoms with Gasteiger partial charge in [0, 0.05) is 38.9 Å². The molecule has 1 amide bonds. The fraction of sp³-hybridized carbons (Fsp3) is 0.500. The molecule has 22 heavy (non-hydrogen) atoms. The van der Waals surface area contributed by atoms with Crippen molar-refractivity contribution in [1.29, 1.82) is 0 Å². The van der Waals surface area contributed by atoms with Crippen molar-refractivity contribution < 1.29 is 14.7 Å². The number of terminal acetylenes is 1. The number of nitrogens with one attached hydrogen (secondary N) is 1. The maximum absolute atomic E-state index is 12.0. The lowest BCUT2D eigenvalue weighted by molar-refractivity contribution is -0.142. The third-order valence-electron chi connectivity index (χ3n) is 3.39. The van der Waals surface area contributed by atoms with E-state index in [2.05, 4.69) is 26.6 Å². The van der Waals surface area contributed by atoms with Crippen LogP contribution in [0.5, 0.6) is 0 Å². The first-order valence-electron chi connectivity index (χ1n) is 6.85. The van der Waals surface area contributed by atoms with Crippen molar-refractivity contribution in [2.24, 2.45) is 17.3 Å². The van der Waals surface area contributed by atoms with Gasteiger partial charge in [0.05, 0.1) is 5.69 Å². The third kappa shape index (κ3) is 3.91. The van der Waals surface area contributed by atoms with Gasteiger partial charge in [-0.3, -0.25) is 9.48 Å². The van der Waals surface area contributed by atoms with Crippen LogP contribution in [0.1, 0.15) is 37.4 Å². The van der Waals surface area contributed by atoms with E-state index >= 15 is 0 Å². The molecule has 2 rings (SSSR count). The molecule has 1 aliphatic rings. The number of aliphatic carboxylic acids is 1. The topological polar surface area (TPSA) is 109 Å². The zero-order valence-corrected chi connectivity index (χ0v) is 12.2. The average molecular weight is 303 g/mol. The normalized spacial score (nSPS) is 15.8. The highest BCUT2D eigenvalue weighted by Gasteiger charge is 2.39. The summed E-state index contributed by atoms with van der Waals surface area (Å²) in [4.78, 5) is 23.2. The maximum Gasteiger partial charge on any atom is 0.332 e. The summed E-state index contributed by atoms with van der Waals surface area (Å²) in [5.41, 5.74) is -0.265. The van der Waals surface area contributed by atoms with Crippen molar-refractivity contribution in [2.75, 3.05) is 0 Å². The Labute approximate surface area is 127 Å². The quantitative estimate of drug-likeness (QED) is 0.699. The van der Waals surface area contributed by atoms with E-state index in [1.165, 1.54) is 4.68 Å². The van der Waals surface area contributed by atoms with Crippen LogP contribution >= 0.6 is 0 Å². The molecule has 0 fully saturated rings. The fourth-order valence-electron chi connectivity index (χ4n) is 2.06. The molecule has 0 aliphatic carbocycles. The first-order valence-corrected chi connectivity index (χ1v) is 6.85. The van der Waals surface area contributed by atoms with E-state index in [9.17, 15) is 14.7 Å². The summed E-state index contributed by atoms with van der Waals surface area (Å²) in [6.45, 7) is 0. The average Bonchev–Trinajstić information content (AvgIpc) is 3.13. The molecule has 2 heterocycles. The van der Waals surface area contributed by atoms with Crippen molar-refractivity contribution >= 4 is 11.9 Å². The van der Waals surface area contributed by atoms with Crippen molar-refractivity contribution in [3.8, 4) is 12.3 Å². The molecule has 0 spiro atoms. The zero-order valence-electron chi connectivity index (χ0n) is 12.2. The van der Waals surface area contributed by atoms with Crippen LogP contribution in [0.25, 0.3) is 0 Å². The van der Waals surface area contributed by atoms with Crippen LogP contribution in [-0.4, -0.2) is 32.4 Å². The van der Waals surface area contributed by atoms with Gasteiger partial charge < -0.3 is 10.4 Å². The molecule has 8 nitrogen and oxygen atoms in total. The maximum atomic E-state index is 12.0. The van der Waals surface area contributed by atoms with E-state index in [1.807, 2.05) is 0 Å². The Kier molecular flexibility index (Phi) is 4.56. The lowest BCUT2D eigenvalue weighted by atomic mass is 10.0. The van der Waals surface area contributed by atoms with Crippen molar-refractivity contribution in [1.82, 2.24) is 15.1 Å². The number of carbonyl (C=O) groups is 2. The lowest BCUT2D eigenvalue weighted by Gasteiger charge is -2.13. The number of aryl methyl sites for hydroxylation is 1. The fourth-order valence-corrected chi connectivity index (χ4v) is 2.06. The zero-order chi connectivity index (χ0) is 16.2. The van der Waals surface area contributed by atoms with Gasteiger partial charge in [0.1, 0.15) is 0 Å². The Morgan fingerprint density at radius 1 is 1.50 bits per heavy atom. The molecular weight excluding hydrogens is 286 g/mol. The molecule has 1 unspecified atom stereocenters. The monoisotopic (exact) mass is 303 g/mol. The van der Waals surface area contributed by atoms with E-state index in [1.54, 1.807) is 19.3 Å². The standard InChI is InChI=1S/C14H17N5O3/c1-3-4-7-14(17-18-14)8-5-11(20)15-12(13(21)22)10-6-9-19(2)16-10/h1,6,9,12H,4-5,7-8H2,2H3,(H,15,20)(H,21,22). The highest BCUT2D eigenvalue weighted by atomic mass is 16.4. The second-order valence-corrected chi connectivity index (χ2v) is 5.14. The van der Waals surface area contributed by atoms with Gasteiger partial charge in [0.25, 0.3) is 0 Å². The Morgan fingerprint density at radius 3 is 2.73 bits per heavy atom. The minimum absolute atomic E-state index is 0.133. The number of aromatic nitrogens is 2. The van der Waals surface area contributed by atoms with Crippen LogP contribution in [0, 0.1) is 12.3 Å². The third-order valence-corrected chi connectivity index (χ3v) is 3.39. The van der Waals surface area contributed by atoms with Gasteiger partial charge in [-0.05, 0) is 6.07 Å². The van der Waals surface area contributed by atoms with Gasteiger partial charge in [-0.25, -0.2) is 4.79 Å². The second kappa shape index (κ2) is 6.39. The van der Waals surface area contributed by atoms with E-state index in [4.69, 9.17) is 6.42 Å². The van der Waals surface area contributed by atoms with Crippen LogP contribution in [0.2, 0.25) is 0 Å². The number of carboxylic acids is 1. The Bertz CT molecular complexity index is 637. The molecule has 1 atom stereocenters. The first kappa shape index (κ1) is 15.7. The van der Waals surface area contributed by atoms with Crippen molar-refractivity contribution in [3.63, 3.8) is 0 Å². The van der Waals surface area contributed by atoms with Gasteiger partial charge in [-0.1, -0.05) is 0 Å². The van der Waals surface area contributed by atoms with Crippen molar-refractivity contribution in [3.05, 3.63) is 18.0 Å². The molecule has 116 valence electrons. The van der Waals surface area contributed by atoms with Gasteiger partial charge >= 0.3 is 5.97 Å². The lowest BCUT2D eigenvalue weighted by Crippen LogP contribution is -2.34. The number of hydrogen-bond acceptors (Lipinski definition) is 5. The van der Waals surface area contributed by atoms with E-state index in [0.29, 0.717) is 19.3 Å². The van der Waals surface area contributed by atoms with Crippen LogP contribution < -0.4 is 5.32 Å². The molecular formula is C14H17N5O3.